The maximum Gasteiger partial charge on any atom is 0.255 e. The van der Waals surface area contributed by atoms with E-state index in [0.29, 0.717) is 12.1 Å². The molecule has 0 atom stereocenters. The predicted octanol–water partition coefficient (Wildman–Crippen LogP) is 3.01. The Kier molecular flexibility index (Phi) is 3.60. The fourth-order valence-corrected chi connectivity index (χ4v) is 2.63. The summed E-state index contributed by atoms with van der Waals surface area (Å²) >= 11 is 0. The summed E-state index contributed by atoms with van der Waals surface area (Å²) in [7, 11) is 0. The normalized spacial score (nSPS) is 17.7. The van der Waals surface area contributed by atoms with Gasteiger partial charge in [-0.2, -0.15) is 0 Å². The third-order valence-electron chi connectivity index (χ3n) is 3.88. The summed E-state index contributed by atoms with van der Waals surface area (Å²) in [6.45, 7) is 4.82. The SMILES string of the molecule is Cc1ccc(O)c(C(=O)NCC2(C)CCCC2)c1. The van der Waals surface area contributed by atoms with E-state index in [-0.39, 0.29) is 17.1 Å². The summed E-state index contributed by atoms with van der Waals surface area (Å²) in [6, 6.07) is 5.09. The van der Waals surface area contributed by atoms with Gasteiger partial charge in [0.1, 0.15) is 5.75 Å². The molecule has 1 amide bonds. The van der Waals surface area contributed by atoms with E-state index < -0.39 is 0 Å². The molecule has 0 radical (unpaired) electrons. The standard InChI is InChI=1S/C15H21NO2/c1-11-5-6-13(17)12(9-11)14(18)16-10-15(2)7-3-4-8-15/h5-6,9,17H,3-4,7-8,10H2,1-2H3,(H,16,18). The number of aromatic hydroxyl groups is 1. The zero-order chi connectivity index (χ0) is 13.2. The molecule has 2 N–H and O–H groups in total. The van der Waals surface area contributed by atoms with E-state index >= 15 is 0 Å². The molecule has 3 nitrogen and oxygen atoms in total. The molecule has 0 unspecified atom stereocenters. The van der Waals surface area contributed by atoms with Crippen molar-refractivity contribution in [1.29, 1.82) is 0 Å². The minimum Gasteiger partial charge on any atom is -0.507 e. The van der Waals surface area contributed by atoms with Gasteiger partial charge in [0, 0.05) is 6.54 Å². The van der Waals surface area contributed by atoms with E-state index in [0.717, 1.165) is 5.56 Å². The van der Waals surface area contributed by atoms with Crippen LogP contribution < -0.4 is 5.32 Å². The van der Waals surface area contributed by atoms with Gasteiger partial charge in [0.25, 0.3) is 5.91 Å². The Labute approximate surface area is 108 Å². The first-order chi connectivity index (χ1) is 8.50. The molecule has 3 heteroatoms. The number of hydrogen-bond donors (Lipinski definition) is 2. The van der Waals surface area contributed by atoms with Gasteiger partial charge in [-0.3, -0.25) is 4.79 Å². The predicted molar refractivity (Wildman–Crippen MR) is 71.8 cm³/mol. The summed E-state index contributed by atoms with van der Waals surface area (Å²) < 4.78 is 0. The molecule has 0 aliphatic heterocycles. The van der Waals surface area contributed by atoms with Gasteiger partial charge in [-0.25, -0.2) is 0 Å². The van der Waals surface area contributed by atoms with Crippen molar-refractivity contribution in [2.24, 2.45) is 5.41 Å². The number of hydrogen-bond acceptors (Lipinski definition) is 2. The van der Waals surface area contributed by atoms with E-state index in [4.69, 9.17) is 0 Å². The Morgan fingerprint density at radius 2 is 2.06 bits per heavy atom. The summed E-state index contributed by atoms with van der Waals surface area (Å²) in [5, 5.41) is 12.7. The van der Waals surface area contributed by atoms with E-state index in [1.165, 1.54) is 25.7 Å². The van der Waals surface area contributed by atoms with E-state index in [1.807, 2.05) is 6.92 Å². The Hall–Kier alpha value is -1.51. The number of carbonyl (C=O) groups excluding carboxylic acids is 1. The lowest BCUT2D eigenvalue weighted by Gasteiger charge is -2.23. The number of phenolic OH excluding ortho intramolecular Hbond substituents is 1. The minimum atomic E-state index is -0.177. The molecule has 0 heterocycles. The maximum absolute atomic E-state index is 12.0. The largest absolute Gasteiger partial charge is 0.507 e. The molecule has 0 saturated heterocycles. The Morgan fingerprint density at radius 3 is 2.72 bits per heavy atom. The molecule has 18 heavy (non-hydrogen) atoms. The molecule has 1 aliphatic carbocycles. The van der Waals surface area contributed by atoms with Crippen molar-refractivity contribution in [1.82, 2.24) is 5.32 Å². The maximum atomic E-state index is 12.0. The molecule has 0 bridgehead atoms. The average molecular weight is 247 g/mol. The van der Waals surface area contributed by atoms with Crippen molar-refractivity contribution in [3.63, 3.8) is 0 Å². The number of amides is 1. The molecule has 2 rings (SSSR count). The highest BCUT2D eigenvalue weighted by atomic mass is 16.3. The lowest BCUT2D eigenvalue weighted by molar-refractivity contribution is 0.0931. The average Bonchev–Trinajstić information content (AvgIpc) is 2.77. The fourth-order valence-electron chi connectivity index (χ4n) is 2.63. The number of rotatable bonds is 3. The van der Waals surface area contributed by atoms with Crippen LogP contribution in [-0.4, -0.2) is 17.6 Å². The van der Waals surface area contributed by atoms with Crippen molar-refractivity contribution >= 4 is 5.91 Å². The van der Waals surface area contributed by atoms with Crippen LogP contribution in [0.5, 0.6) is 5.75 Å². The van der Waals surface area contributed by atoms with Crippen molar-refractivity contribution in [3.8, 4) is 5.75 Å². The van der Waals surface area contributed by atoms with Crippen molar-refractivity contribution < 1.29 is 9.90 Å². The molecule has 1 aliphatic rings. The van der Waals surface area contributed by atoms with Gasteiger partial charge in [-0.1, -0.05) is 31.4 Å². The van der Waals surface area contributed by atoms with Crippen LogP contribution in [0.25, 0.3) is 0 Å². The van der Waals surface area contributed by atoms with Crippen LogP contribution in [0, 0.1) is 12.3 Å². The van der Waals surface area contributed by atoms with Gasteiger partial charge in [-0.05, 0) is 37.3 Å². The molecule has 0 aromatic heterocycles. The third-order valence-corrected chi connectivity index (χ3v) is 3.88. The van der Waals surface area contributed by atoms with Crippen LogP contribution in [0.1, 0.15) is 48.5 Å². The van der Waals surface area contributed by atoms with Crippen molar-refractivity contribution in [3.05, 3.63) is 29.3 Å². The van der Waals surface area contributed by atoms with Crippen LogP contribution in [0.2, 0.25) is 0 Å². The Bertz CT molecular complexity index is 448. The molecular formula is C15H21NO2. The van der Waals surface area contributed by atoms with Crippen LogP contribution in [0.4, 0.5) is 0 Å². The molecule has 1 aromatic rings. The van der Waals surface area contributed by atoms with Crippen LogP contribution in [0.15, 0.2) is 18.2 Å². The number of benzene rings is 1. The van der Waals surface area contributed by atoms with Gasteiger partial charge in [0.05, 0.1) is 5.56 Å². The lowest BCUT2D eigenvalue weighted by atomic mass is 9.89. The molecule has 1 saturated carbocycles. The molecule has 98 valence electrons. The van der Waals surface area contributed by atoms with Crippen LogP contribution >= 0.6 is 0 Å². The van der Waals surface area contributed by atoms with Gasteiger partial charge < -0.3 is 10.4 Å². The molecule has 1 aromatic carbocycles. The molecule has 0 spiro atoms. The monoisotopic (exact) mass is 247 g/mol. The van der Waals surface area contributed by atoms with Crippen LogP contribution in [0.3, 0.4) is 0 Å². The number of carbonyl (C=O) groups is 1. The second-order valence-corrected chi connectivity index (χ2v) is 5.72. The van der Waals surface area contributed by atoms with Gasteiger partial charge in [0.2, 0.25) is 0 Å². The second-order valence-electron chi connectivity index (χ2n) is 5.72. The Morgan fingerprint density at radius 1 is 1.39 bits per heavy atom. The topological polar surface area (TPSA) is 49.3 Å². The van der Waals surface area contributed by atoms with Crippen molar-refractivity contribution in [2.75, 3.05) is 6.54 Å². The number of phenols is 1. The summed E-state index contributed by atoms with van der Waals surface area (Å²) in [6.07, 6.45) is 4.85. The first kappa shape index (κ1) is 12.9. The number of nitrogens with one attached hydrogen (secondary N) is 1. The molecule has 1 fully saturated rings. The second kappa shape index (κ2) is 5.01. The van der Waals surface area contributed by atoms with E-state index in [1.54, 1.807) is 18.2 Å². The highest BCUT2D eigenvalue weighted by Gasteiger charge is 2.29. The third kappa shape index (κ3) is 2.84. The van der Waals surface area contributed by atoms with Gasteiger partial charge >= 0.3 is 0 Å². The summed E-state index contributed by atoms with van der Waals surface area (Å²) in [4.78, 5) is 12.0. The fraction of sp³-hybridized carbons (Fsp3) is 0.533. The number of aryl methyl sites for hydroxylation is 1. The first-order valence-electron chi connectivity index (χ1n) is 6.58. The smallest absolute Gasteiger partial charge is 0.255 e. The minimum absolute atomic E-state index is 0.0506. The van der Waals surface area contributed by atoms with E-state index in [2.05, 4.69) is 12.2 Å². The highest BCUT2D eigenvalue weighted by Crippen LogP contribution is 2.36. The highest BCUT2D eigenvalue weighted by molar-refractivity contribution is 5.97. The zero-order valence-corrected chi connectivity index (χ0v) is 11.1. The van der Waals surface area contributed by atoms with Crippen LogP contribution in [-0.2, 0) is 0 Å². The lowest BCUT2D eigenvalue weighted by Crippen LogP contribution is -2.34. The summed E-state index contributed by atoms with van der Waals surface area (Å²) in [5.41, 5.74) is 1.58. The van der Waals surface area contributed by atoms with E-state index in [9.17, 15) is 9.90 Å². The van der Waals surface area contributed by atoms with Crippen molar-refractivity contribution in [2.45, 2.75) is 39.5 Å². The Balaban J connectivity index is 2.01. The quantitative estimate of drug-likeness (QED) is 0.862. The molecular weight excluding hydrogens is 226 g/mol. The zero-order valence-electron chi connectivity index (χ0n) is 11.1. The first-order valence-corrected chi connectivity index (χ1v) is 6.58. The summed E-state index contributed by atoms with van der Waals surface area (Å²) in [5.74, 6) is -0.126. The van der Waals surface area contributed by atoms with Gasteiger partial charge in [0.15, 0.2) is 0 Å². The van der Waals surface area contributed by atoms with Gasteiger partial charge in [-0.15, -0.1) is 0 Å².